The minimum Gasteiger partial charge on any atom is -0.495 e. The predicted molar refractivity (Wildman–Crippen MR) is 148 cm³/mol. The summed E-state index contributed by atoms with van der Waals surface area (Å²) in [6, 6.07) is 12.4. The summed E-state index contributed by atoms with van der Waals surface area (Å²) in [6.45, 7) is 2.06. The van der Waals surface area contributed by atoms with Crippen LogP contribution >= 0.6 is 11.3 Å². The zero-order valence-electron chi connectivity index (χ0n) is 21.2. The van der Waals surface area contributed by atoms with Crippen molar-refractivity contribution < 1.29 is 19.0 Å². The number of carbonyl (C=O) groups excluding carboxylic acids is 1. The first kappa shape index (κ1) is 25.5. The summed E-state index contributed by atoms with van der Waals surface area (Å²) >= 11 is 1.61. The van der Waals surface area contributed by atoms with Crippen molar-refractivity contribution in [2.45, 2.75) is 32.6 Å². The van der Waals surface area contributed by atoms with E-state index in [0.29, 0.717) is 40.5 Å². The molecule has 0 atom stereocenters. The molecule has 1 aliphatic carbocycles. The number of hydrogen-bond acceptors (Lipinski definition) is 8. The molecule has 0 radical (unpaired) electrons. The van der Waals surface area contributed by atoms with Gasteiger partial charge in [0.25, 0.3) is 11.5 Å². The largest absolute Gasteiger partial charge is 0.495 e. The van der Waals surface area contributed by atoms with Crippen LogP contribution in [0, 0.1) is 0 Å². The maximum absolute atomic E-state index is 13.2. The first-order valence-electron chi connectivity index (χ1n) is 12.5. The second-order valence-corrected chi connectivity index (χ2v) is 9.79. The lowest BCUT2D eigenvalue weighted by Gasteiger charge is -2.13. The minimum atomic E-state index is -0.333. The smallest absolute Gasteiger partial charge is 0.282 e. The molecule has 0 fully saturated rings. The number of amides is 1. The Kier molecular flexibility index (Phi) is 7.69. The molecular weight excluding hydrogens is 504 g/mol. The summed E-state index contributed by atoms with van der Waals surface area (Å²) in [6.07, 6.45) is 7.21. The van der Waals surface area contributed by atoms with Crippen LogP contribution in [0.1, 0.15) is 35.8 Å². The summed E-state index contributed by atoms with van der Waals surface area (Å²) in [5.41, 5.74) is 2.24. The summed E-state index contributed by atoms with van der Waals surface area (Å²) in [7, 11) is 1.54. The molecule has 196 valence electrons. The van der Waals surface area contributed by atoms with E-state index in [0.717, 1.165) is 36.1 Å². The Balaban J connectivity index is 1.31. The van der Waals surface area contributed by atoms with Crippen molar-refractivity contribution in [3.63, 3.8) is 0 Å². The van der Waals surface area contributed by atoms with Gasteiger partial charge in [0.05, 0.1) is 31.0 Å². The summed E-state index contributed by atoms with van der Waals surface area (Å²) in [4.78, 5) is 32.1. The van der Waals surface area contributed by atoms with Gasteiger partial charge in [0.2, 0.25) is 0 Å². The van der Waals surface area contributed by atoms with Gasteiger partial charge in [0.1, 0.15) is 16.9 Å². The summed E-state index contributed by atoms with van der Waals surface area (Å²) in [5, 5.41) is 7.84. The molecule has 1 amide bonds. The van der Waals surface area contributed by atoms with E-state index in [1.54, 1.807) is 55.0 Å². The standard InChI is InChI=1S/C28H28N4O5S/c1-3-36-23-14-18(12-13-22(23)37-16-25(33)31-20-9-5-6-10-21(20)35-2)15-30-32-17-29-27-26(28(32)34)19-8-4-7-11-24(19)38-27/h5-6,9-10,12-15,17H,3-4,7-8,11,16H2,1-2H3,(H,31,33)/b30-15-. The number of nitrogens with one attached hydrogen (secondary N) is 1. The first-order valence-corrected chi connectivity index (χ1v) is 13.3. The van der Waals surface area contributed by atoms with Gasteiger partial charge in [-0.25, -0.2) is 4.98 Å². The normalized spacial score (nSPS) is 12.9. The monoisotopic (exact) mass is 532 g/mol. The Bertz CT molecular complexity index is 1560. The number of hydrogen-bond donors (Lipinski definition) is 1. The fraction of sp³-hybridized carbons (Fsp3) is 0.286. The lowest BCUT2D eigenvalue weighted by Crippen LogP contribution is -2.20. The van der Waals surface area contributed by atoms with Gasteiger partial charge >= 0.3 is 0 Å². The molecule has 2 aromatic heterocycles. The van der Waals surface area contributed by atoms with Gasteiger partial charge in [-0.2, -0.15) is 9.78 Å². The Hall–Kier alpha value is -4.18. The summed E-state index contributed by atoms with van der Waals surface area (Å²) in [5.74, 6) is 1.12. The number of ether oxygens (including phenoxy) is 3. The maximum atomic E-state index is 13.2. The van der Waals surface area contributed by atoms with E-state index >= 15 is 0 Å². The highest BCUT2D eigenvalue weighted by Crippen LogP contribution is 2.33. The molecule has 0 aliphatic heterocycles. The van der Waals surface area contributed by atoms with E-state index in [9.17, 15) is 9.59 Å². The van der Waals surface area contributed by atoms with Gasteiger partial charge in [-0.3, -0.25) is 9.59 Å². The zero-order valence-corrected chi connectivity index (χ0v) is 22.0. The third-order valence-electron chi connectivity index (χ3n) is 6.20. The molecule has 0 saturated carbocycles. The predicted octanol–water partition coefficient (Wildman–Crippen LogP) is 4.64. The molecule has 2 aromatic carbocycles. The van der Waals surface area contributed by atoms with E-state index in [1.165, 1.54) is 15.9 Å². The van der Waals surface area contributed by atoms with Gasteiger partial charge < -0.3 is 19.5 Å². The van der Waals surface area contributed by atoms with E-state index in [1.807, 2.05) is 19.1 Å². The molecule has 0 spiro atoms. The van der Waals surface area contributed by atoms with Crippen LogP contribution in [-0.2, 0) is 17.6 Å². The van der Waals surface area contributed by atoms with Crippen LogP contribution in [0.25, 0.3) is 10.2 Å². The molecule has 0 unspecified atom stereocenters. The van der Waals surface area contributed by atoms with Crippen molar-refractivity contribution in [3.05, 3.63) is 75.1 Å². The number of fused-ring (bicyclic) bond motifs is 3. The topological polar surface area (TPSA) is 104 Å². The Labute approximate surface area is 223 Å². The fourth-order valence-corrected chi connectivity index (χ4v) is 5.64. The fourth-order valence-electron chi connectivity index (χ4n) is 4.42. The van der Waals surface area contributed by atoms with Crippen LogP contribution < -0.4 is 25.1 Å². The molecule has 38 heavy (non-hydrogen) atoms. The molecular formula is C28H28N4O5S. The van der Waals surface area contributed by atoms with E-state index < -0.39 is 0 Å². The van der Waals surface area contributed by atoms with Crippen LogP contribution in [0.3, 0.4) is 0 Å². The van der Waals surface area contributed by atoms with Crippen molar-refractivity contribution in [3.8, 4) is 17.2 Å². The number of anilines is 1. The number of aromatic nitrogens is 2. The van der Waals surface area contributed by atoms with E-state index in [4.69, 9.17) is 14.2 Å². The van der Waals surface area contributed by atoms with Crippen molar-refractivity contribution in [1.82, 2.24) is 9.66 Å². The summed E-state index contributed by atoms with van der Waals surface area (Å²) < 4.78 is 18.0. The number of rotatable bonds is 9. The SMILES string of the molecule is CCOc1cc(/C=N\n2cnc3sc4c(c3c2=O)CCCC4)ccc1OCC(=O)Nc1ccccc1OC. The highest BCUT2D eigenvalue weighted by atomic mass is 32.1. The number of nitrogens with zero attached hydrogens (tertiary/aromatic N) is 3. The third-order valence-corrected chi connectivity index (χ3v) is 7.40. The molecule has 5 rings (SSSR count). The lowest BCUT2D eigenvalue weighted by atomic mass is 9.97. The zero-order chi connectivity index (χ0) is 26.5. The third kappa shape index (κ3) is 5.40. The highest BCUT2D eigenvalue weighted by molar-refractivity contribution is 7.18. The second-order valence-electron chi connectivity index (χ2n) is 8.71. The van der Waals surface area contributed by atoms with E-state index in [2.05, 4.69) is 15.4 Å². The molecule has 1 aliphatic rings. The van der Waals surface area contributed by atoms with Gasteiger partial charge in [0.15, 0.2) is 18.1 Å². The van der Waals surface area contributed by atoms with Crippen LogP contribution in [0.15, 0.2) is 58.7 Å². The lowest BCUT2D eigenvalue weighted by molar-refractivity contribution is -0.118. The molecule has 2 heterocycles. The Morgan fingerprint density at radius 3 is 2.82 bits per heavy atom. The average Bonchev–Trinajstić information content (AvgIpc) is 3.32. The van der Waals surface area contributed by atoms with Crippen LogP contribution in [0.2, 0.25) is 0 Å². The molecule has 4 aromatic rings. The Morgan fingerprint density at radius 1 is 1.13 bits per heavy atom. The van der Waals surface area contributed by atoms with Crippen molar-refractivity contribution in [1.29, 1.82) is 0 Å². The van der Waals surface area contributed by atoms with Gasteiger partial charge in [0, 0.05) is 4.88 Å². The number of thiophene rings is 1. The van der Waals surface area contributed by atoms with Crippen LogP contribution in [0.5, 0.6) is 17.2 Å². The minimum absolute atomic E-state index is 0.156. The highest BCUT2D eigenvalue weighted by Gasteiger charge is 2.20. The number of para-hydroxylation sites is 2. The molecule has 0 bridgehead atoms. The number of methoxy groups -OCH3 is 1. The van der Waals surface area contributed by atoms with E-state index in [-0.39, 0.29) is 18.1 Å². The van der Waals surface area contributed by atoms with Gasteiger partial charge in [-0.15, -0.1) is 11.3 Å². The quantitative estimate of drug-likeness (QED) is 0.315. The second kappa shape index (κ2) is 11.5. The number of aryl methyl sites for hydroxylation is 2. The van der Waals surface area contributed by atoms with Crippen molar-refractivity contribution in [2.75, 3.05) is 25.6 Å². The molecule has 0 saturated heterocycles. The number of carbonyl (C=O) groups is 1. The number of benzene rings is 2. The van der Waals surface area contributed by atoms with Crippen molar-refractivity contribution >= 4 is 39.4 Å². The Morgan fingerprint density at radius 2 is 1.97 bits per heavy atom. The molecule has 9 nitrogen and oxygen atoms in total. The maximum Gasteiger partial charge on any atom is 0.282 e. The van der Waals surface area contributed by atoms with Crippen LogP contribution in [0.4, 0.5) is 5.69 Å². The van der Waals surface area contributed by atoms with Crippen LogP contribution in [-0.4, -0.2) is 42.1 Å². The van der Waals surface area contributed by atoms with Crippen molar-refractivity contribution in [2.24, 2.45) is 5.10 Å². The van der Waals surface area contributed by atoms with Gasteiger partial charge in [-0.05, 0) is 74.1 Å². The first-order chi connectivity index (χ1) is 18.6. The van der Waals surface area contributed by atoms with Gasteiger partial charge in [-0.1, -0.05) is 12.1 Å². The molecule has 1 N–H and O–H groups in total. The average molecular weight is 533 g/mol. The molecule has 10 heteroatoms.